The van der Waals surface area contributed by atoms with E-state index < -0.39 is 0 Å². The summed E-state index contributed by atoms with van der Waals surface area (Å²) in [6.07, 6.45) is 2.35. The molecule has 11 heavy (non-hydrogen) atoms. The second kappa shape index (κ2) is 5.13. The van der Waals surface area contributed by atoms with Gasteiger partial charge in [0.1, 0.15) is 0 Å². The Balaban J connectivity index is 3.78. The largest absolute Gasteiger partial charge is 0.370 e. The SMILES string of the molecule is CCC(CC)[C@@H](N)CC(N)=O. The highest BCUT2D eigenvalue weighted by molar-refractivity contribution is 5.74. The third kappa shape index (κ3) is 3.98. The fourth-order valence-electron chi connectivity index (χ4n) is 1.29. The molecule has 0 aliphatic rings. The molecule has 3 heteroatoms. The molecular formula is C8H18N2O. The van der Waals surface area contributed by atoms with Crippen LogP contribution in [-0.4, -0.2) is 11.9 Å². The van der Waals surface area contributed by atoms with Gasteiger partial charge in [0, 0.05) is 12.5 Å². The minimum atomic E-state index is -0.301. The molecule has 0 radical (unpaired) electrons. The van der Waals surface area contributed by atoms with Crippen LogP contribution in [0.2, 0.25) is 0 Å². The lowest BCUT2D eigenvalue weighted by molar-refractivity contribution is -0.118. The fraction of sp³-hybridized carbons (Fsp3) is 0.875. The summed E-state index contributed by atoms with van der Waals surface area (Å²) in [6.45, 7) is 4.16. The monoisotopic (exact) mass is 158 g/mol. The standard InChI is InChI=1S/C8H18N2O/c1-3-6(4-2)7(9)5-8(10)11/h6-7H,3-5,9H2,1-2H3,(H2,10,11)/t7-/m0/s1. The van der Waals surface area contributed by atoms with Crippen molar-refractivity contribution >= 4 is 5.91 Å². The maximum Gasteiger partial charge on any atom is 0.218 e. The van der Waals surface area contributed by atoms with Crippen LogP contribution in [-0.2, 0) is 4.79 Å². The number of rotatable bonds is 5. The maximum absolute atomic E-state index is 10.5. The van der Waals surface area contributed by atoms with Gasteiger partial charge in [-0.3, -0.25) is 4.79 Å². The molecular weight excluding hydrogens is 140 g/mol. The first kappa shape index (κ1) is 10.4. The Morgan fingerprint density at radius 2 is 1.82 bits per heavy atom. The van der Waals surface area contributed by atoms with E-state index in [4.69, 9.17) is 11.5 Å². The average Bonchev–Trinajstić information content (AvgIpc) is 1.88. The van der Waals surface area contributed by atoms with Crippen LogP contribution >= 0.6 is 0 Å². The van der Waals surface area contributed by atoms with E-state index in [2.05, 4.69) is 13.8 Å². The molecule has 0 aliphatic carbocycles. The smallest absolute Gasteiger partial charge is 0.218 e. The lowest BCUT2D eigenvalue weighted by Crippen LogP contribution is -2.34. The van der Waals surface area contributed by atoms with Crippen LogP contribution in [0.4, 0.5) is 0 Å². The Morgan fingerprint density at radius 1 is 1.36 bits per heavy atom. The number of carbonyl (C=O) groups excluding carboxylic acids is 1. The normalized spacial score (nSPS) is 13.5. The first-order valence-electron chi connectivity index (χ1n) is 4.15. The van der Waals surface area contributed by atoms with Gasteiger partial charge < -0.3 is 11.5 Å². The highest BCUT2D eigenvalue weighted by atomic mass is 16.1. The zero-order valence-corrected chi connectivity index (χ0v) is 7.34. The predicted molar refractivity (Wildman–Crippen MR) is 45.9 cm³/mol. The summed E-state index contributed by atoms with van der Waals surface area (Å²) in [7, 11) is 0. The second-order valence-corrected chi connectivity index (χ2v) is 2.91. The molecule has 0 spiro atoms. The summed E-state index contributed by atoms with van der Waals surface area (Å²) in [5, 5.41) is 0. The number of hydrogen-bond donors (Lipinski definition) is 2. The van der Waals surface area contributed by atoms with Crippen molar-refractivity contribution < 1.29 is 4.79 Å². The van der Waals surface area contributed by atoms with Gasteiger partial charge in [-0.2, -0.15) is 0 Å². The predicted octanol–water partition coefficient (Wildman–Crippen LogP) is 0.625. The van der Waals surface area contributed by atoms with Crippen LogP contribution < -0.4 is 11.5 Å². The van der Waals surface area contributed by atoms with E-state index in [1.165, 1.54) is 0 Å². The first-order valence-corrected chi connectivity index (χ1v) is 4.15. The fourth-order valence-corrected chi connectivity index (χ4v) is 1.29. The Labute approximate surface area is 68.1 Å². The quantitative estimate of drug-likeness (QED) is 0.616. The highest BCUT2D eigenvalue weighted by Crippen LogP contribution is 2.13. The highest BCUT2D eigenvalue weighted by Gasteiger charge is 2.15. The van der Waals surface area contributed by atoms with Crippen molar-refractivity contribution in [1.29, 1.82) is 0 Å². The van der Waals surface area contributed by atoms with Crippen molar-refractivity contribution in [1.82, 2.24) is 0 Å². The molecule has 0 aromatic carbocycles. The lowest BCUT2D eigenvalue weighted by atomic mass is 9.92. The zero-order valence-electron chi connectivity index (χ0n) is 7.34. The van der Waals surface area contributed by atoms with Gasteiger partial charge >= 0.3 is 0 Å². The number of amides is 1. The van der Waals surface area contributed by atoms with Crippen LogP contribution in [0.1, 0.15) is 33.1 Å². The number of carbonyl (C=O) groups is 1. The minimum Gasteiger partial charge on any atom is -0.370 e. The van der Waals surface area contributed by atoms with Gasteiger partial charge in [-0.05, 0) is 5.92 Å². The van der Waals surface area contributed by atoms with Crippen molar-refractivity contribution in [2.75, 3.05) is 0 Å². The number of hydrogen-bond acceptors (Lipinski definition) is 2. The van der Waals surface area contributed by atoms with Gasteiger partial charge in [0.25, 0.3) is 0 Å². The molecule has 0 rings (SSSR count). The summed E-state index contributed by atoms with van der Waals surface area (Å²) in [6, 6.07) is -0.0532. The van der Waals surface area contributed by atoms with Gasteiger partial charge in [0.05, 0.1) is 0 Å². The summed E-state index contributed by atoms with van der Waals surface area (Å²) in [5.41, 5.74) is 10.8. The Bertz CT molecular complexity index is 121. The minimum absolute atomic E-state index is 0.0532. The maximum atomic E-state index is 10.5. The number of nitrogens with two attached hydrogens (primary N) is 2. The summed E-state index contributed by atoms with van der Waals surface area (Å²) in [4.78, 5) is 10.5. The van der Waals surface area contributed by atoms with E-state index in [1.807, 2.05) is 0 Å². The van der Waals surface area contributed by atoms with Crippen molar-refractivity contribution in [3.05, 3.63) is 0 Å². The molecule has 66 valence electrons. The molecule has 1 atom stereocenters. The third-order valence-corrected chi connectivity index (χ3v) is 2.09. The summed E-state index contributed by atoms with van der Waals surface area (Å²) in [5.74, 6) is 0.131. The molecule has 0 aromatic heterocycles. The molecule has 0 aliphatic heterocycles. The lowest BCUT2D eigenvalue weighted by Gasteiger charge is -2.19. The molecule has 4 N–H and O–H groups in total. The Morgan fingerprint density at radius 3 is 2.09 bits per heavy atom. The molecule has 0 unspecified atom stereocenters. The van der Waals surface area contributed by atoms with Gasteiger partial charge in [-0.15, -0.1) is 0 Å². The van der Waals surface area contributed by atoms with Crippen LogP contribution in [0.5, 0.6) is 0 Å². The van der Waals surface area contributed by atoms with Crippen LogP contribution in [0.3, 0.4) is 0 Å². The van der Waals surface area contributed by atoms with Gasteiger partial charge in [0.15, 0.2) is 0 Å². The molecule has 3 nitrogen and oxygen atoms in total. The Kier molecular flexibility index (Phi) is 4.86. The summed E-state index contributed by atoms with van der Waals surface area (Å²) < 4.78 is 0. The average molecular weight is 158 g/mol. The van der Waals surface area contributed by atoms with Crippen LogP contribution in [0, 0.1) is 5.92 Å². The zero-order chi connectivity index (χ0) is 8.85. The molecule has 0 bridgehead atoms. The van der Waals surface area contributed by atoms with Crippen molar-refractivity contribution in [2.45, 2.75) is 39.2 Å². The van der Waals surface area contributed by atoms with E-state index >= 15 is 0 Å². The second-order valence-electron chi connectivity index (χ2n) is 2.91. The Hall–Kier alpha value is -0.570. The molecule has 0 aromatic rings. The van der Waals surface area contributed by atoms with E-state index in [9.17, 15) is 4.79 Å². The van der Waals surface area contributed by atoms with E-state index in [0.717, 1.165) is 12.8 Å². The topological polar surface area (TPSA) is 69.1 Å². The molecule has 1 amide bonds. The molecule has 0 heterocycles. The van der Waals surface area contributed by atoms with Crippen LogP contribution in [0.25, 0.3) is 0 Å². The van der Waals surface area contributed by atoms with E-state index in [0.29, 0.717) is 12.3 Å². The first-order chi connectivity index (χ1) is 5.11. The van der Waals surface area contributed by atoms with Crippen molar-refractivity contribution in [3.63, 3.8) is 0 Å². The van der Waals surface area contributed by atoms with E-state index in [-0.39, 0.29) is 11.9 Å². The van der Waals surface area contributed by atoms with Gasteiger partial charge in [0.2, 0.25) is 5.91 Å². The summed E-state index contributed by atoms with van der Waals surface area (Å²) >= 11 is 0. The molecule has 0 saturated carbocycles. The van der Waals surface area contributed by atoms with Crippen LogP contribution in [0.15, 0.2) is 0 Å². The molecule has 0 fully saturated rings. The van der Waals surface area contributed by atoms with E-state index in [1.54, 1.807) is 0 Å². The number of primary amides is 1. The van der Waals surface area contributed by atoms with Gasteiger partial charge in [-0.1, -0.05) is 26.7 Å². The molecule has 0 saturated heterocycles. The van der Waals surface area contributed by atoms with Crippen molar-refractivity contribution in [3.8, 4) is 0 Å². The van der Waals surface area contributed by atoms with Crippen molar-refractivity contribution in [2.24, 2.45) is 17.4 Å². The van der Waals surface area contributed by atoms with Gasteiger partial charge in [-0.25, -0.2) is 0 Å². The third-order valence-electron chi connectivity index (χ3n) is 2.09.